The summed E-state index contributed by atoms with van der Waals surface area (Å²) in [6, 6.07) is 4.54. The second-order valence-corrected chi connectivity index (χ2v) is 3.85. The Morgan fingerprint density at radius 3 is 2.78 bits per heavy atom. The quantitative estimate of drug-likeness (QED) is 0.451. The minimum atomic E-state index is -0.463. The third-order valence-electron chi connectivity index (χ3n) is 2.59. The lowest BCUT2D eigenvalue weighted by Crippen LogP contribution is -2.26. The molecule has 1 amide bonds. The van der Waals surface area contributed by atoms with Gasteiger partial charge in [0.25, 0.3) is 11.6 Å². The lowest BCUT2D eigenvalue weighted by atomic mass is 10.1. The summed E-state index contributed by atoms with van der Waals surface area (Å²) in [6.07, 6.45) is 1.24. The lowest BCUT2D eigenvalue weighted by molar-refractivity contribution is -0.385. The molecule has 0 saturated carbocycles. The molecule has 3 N–H and O–H groups in total. The number of nitrogens with zero attached hydrogens (tertiary/aromatic N) is 1. The topological polar surface area (TPSA) is 98.3 Å². The lowest BCUT2D eigenvalue weighted by Gasteiger charge is -2.06. The molecule has 1 rings (SSSR count). The molecule has 6 heteroatoms. The molecule has 0 bridgehead atoms. The summed E-state index contributed by atoms with van der Waals surface area (Å²) in [6.45, 7) is 2.80. The molecule has 0 heterocycles. The van der Waals surface area contributed by atoms with Crippen molar-refractivity contribution in [3.63, 3.8) is 0 Å². The van der Waals surface area contributed by atoms with Gasteiger partial charge >= 0.3 is 0 Å². The molecule has 0 aliphatic carbocycles. The number of hydrogen-bond donors (Lipinski definition) is 2. The van der Waals surface area contributed by atoms with Crippen molar-refractivity contribution in [3.05, 3.63) is 39.4 Å². The van der Waals surface area contributed by atoms with Crippen LogP contribution in [0.3, 0.4) is 0 Å². The highest BCUT2D eigenvalue weighted by molar-refractivity contribution is 5.94. The van der Waals surface area contributed by atoms with Gasteiger partial charge in [-0.1, -0.05) is 13.0 Å². The first-order valence-electron chi connectivity index (χ1n) is 5.85. The highest BCUT2D eigenvalue weighted by atomic mass is 16.6. The largest absolute Gasteiger partial charge is 0.352 e. The molecule has 1 aromatic carbocycles. The summed E-state index contributed by atoms with van der Waals surface area (Å²) in [5, 5.41) is 13.5. The fraction of sp³-hybridized carbons (Fsp3) is 0.417. The molecule has 0 aliphatic heterocycles. The maximum absolute atomic E-state index is 11.7. The number of nitrogens with two attached hydrogens (primary N) is 1. The summed E-state index contributed by atoms with van der Waals surface area (Å²) < 4.78 is 0. The fourth-order valence-corrected chi connectivity index (χ4v) is 1.58. The van der Waals surface area contributed by atoms with Gasteiger partial charge in [-0.2, -0.15) is 0 Å². The van der Waals surface area contributed by atoms with Crippen LogP contribution in [0.1, 0.15) is 29.3 Å². The zero-order valence-corrected chi connectivity index (χ0v) is 10.3. The van der Waals surface area contributed by atoms with Crippen LogP contribution in [-0.2, 0) is 6.42 Å². The van der Waals surface area contributed by atoms with E-state index in [1.165, 1.54) is 6.07 Å². The Hall–Kier alpha value is -1.95. The molecule has 0 aliphatic rings. The van der Waals surface area contributed by atoms with Crippen LogP contribution in [0.15, 0.2) is 18.2 Å². The van der Waals surface area contributed by atoms with Gasteiger partial charge in [-0.05, 0) is 25.5 Å². The maximum atomic E-state index is 11.7. The third-order valence-corrected chi connectivity index (χ3v) is 2.59. The normalized spacial score (nSPS) is 10.1. The van der Waals surface area contributed by atoms with Crippen LogP contribution < -0.4 is 11.1 Å². The van der Waals surface area contributed by atoms with Crippen LogP contribution in [0.2, 0.25) is 0 Å². The fourth-order valence-electron chi connectivity index (χ4n) is 1.58. The van der Waals surface area contributed by atoms with Crippen molar-refractivity contribution in [2.75, 3.05) is 13.1 Å². The van der Waals surface area contributed by atoms with E-state index in [0.717, 1.165) is 0 Å². The molecule has 0 unspecified atom stereocenters. The smallest absolute Gasteiger partial charge is 0.273 e. The molecule has 0 atom stereocenters. The summed E-state index contributed by atoms with van der Waals surface area (Å²) in [5.74, 6) is -0.311. The van der Waals surface area contributed by atoms with Gasteiger partial charge in [0, 0.05) is 23.7 Å². The van der Waals surface area contributed by atoms with Crippen LogP contribution in [0.25, 0.3) is 0 Å². The Labute approximate surface area is 105 Å². The average Bonchev–Trinajstić information content (AvgIpc) is 2.38. The van der Waals surface area contributed by atoms with Crippen molar-refractivity contribution in [1.29, 1.82) is 0 Å². The van der Waals surface area contributed by atoms with Crippen molar-refractivity contribution >= 4 is 11.6 Å². The zero-order valence-electron chi connectivity index (χ0n) is 10.3. The van der Waals surface area contributed by atoms with Gasteiger partial charge in [0.15, 0.2) is 0 Å². The van der Waals surface area contributed by atoms with E-state index in [4.69, 9.17) is 5.73 Å². The highest BCUT2D eigenvalue weighted by Gasteiger charge is 2.15. The first-order chi connectivity index (χ1) is 8.60. The highest BCUT2D eigenvalue weighted by Crippen LogP contribution is 2.20. The van der Waals surface area contributed by atoms with Crippen molar-refractivity contribution < 1.29 is 9.72 Å². The van der Waals surface area contributed by atoms with Crippen molar-refractivity contribution in [2.24, 2.45) is 5.73 Å². The van der Waals surface area contributed by atoms with Crippen molar-refractivity contribution in [2.45, 2.75) is 19.8 Å². The summed E-state index contributed by atoms with van der Waals surface area (Å²) in [7, 11) is 0. The van der Waals surface area contributed by atoms with E-state index < -0.39 is 4.92 Å². The standard InChI is InChI=1S/C12H17N3O3/c1-2-9-4-5-10(8-11(9)15(17)18)12(16)14-7-3-6-13/h4-5,8H,2-3,6-7,13H2,1H3,(H,14,16). The van der Waals surface area contributed by atoms with Crippen molar-refractivity contribution in [1.82, 2.24) is 5.32 Å². The van der Waals surface area contributed by atoms with E-state index in [2.05, 4.69) is 5.32 Å². The molecule has 0 aromatic heterocycles. The number of nitro groups is 1. The Balaban J connectivity index is 2.87. The summed E-state index contributed by atoms with van der Waals surface area (Å²) in [5.41, 5.74) is 6.23. The first-order valence-corrected chi connectivity index (χ1v) is 5.85. The van der Waals surface area contributed by atoms with Crippen LogP contribution in [0.4, 0.5) is 5.69 Å². The average molecular weight is 251 g/mol. The van der Waals surface area contributed by atoms with Gasteiger partial charge in [-0.25, -0.2) is 0 Å². The second kappa shape index (κ2) is 6.70. The predicted octanol–water partition coefficient (Wildman–Crippen LogP) is 1.24. The van der Waals surface area contributed by atoms with E-state index in [-0.39, 0.29) is 11.6 Å². The van der Waals surface area contributed by atoms with Gasteiger partial charge in [-0.3, -0.25) is 14.9 Å². The Morgan fingerprint density at radius 1 is 1.50 bits per heavy atom. The molecule has 0 spiro atoms. The van der Waals surface area contributed by atoms with E-state index in [1.807, 2.05) is 6.92 Å². The number of nitro benzene ring substituents is 1. The van der Waals surface area contributed by atoms with Gasteiger partial charge in [0.05, 0.1) is 4.92 Å². The minimum Gasteiger partial charge on any atom is -0.352 e. The van der Waals surface area contributed by atoms with Crippen LogP contribution in [0, 0.1) is 10.1 Å². The second-order valence-electron chi connectivity index (χ2n) is 3.85. The SMILES string of the molecule is CCc1ccc(C(=O)NCCCN)cc1[N+](=O)[O-]. The van der Waals surface area contributed by atoms with Crippen LogP contribution in [0.5, 0.6) is 0 Å². The molecule has 18 heavy (non-hydrogen) atoms. The molecule has 0 fully saturated rings. The molecule has 0 radical (unpaired) electrons. The Morgan fingerprint density at radius 2 is 2.22 bits per heavy atom. The van der Waals surface area contributed by atoms with E-state index in [9.17, 15) is 14.9 Å². The molecular formula is C12H17N3O3. The minimum absolute atomic E-state index is 0.0102. The van der Waals surface area contributed by atoms with Crippen LogP contribution in [-0.4, -0.2) is 23.9 Å². The molecule has 0 saturated heterocycles. The number of benzene rings is 1. The number of amides is 1. The maximum Gasteiger partial charge on any atom is 0.273 e. The van der Waals surface area contributed by atoms with Gasteiger partial charge in [0.1, 0.15) is 0 Å². The number of carbonyl (C=O) groups is 1. The van der Waals surface area contributed by atoms with Crippen molar-refractivity contribution in [3.8, 4) is 0 Å². The molecular weight excluding hydrogens is 234 g/mol. The number of nitrogens with one attached hydrogen (secondary N) is 1. The Kier molecular flexibility index (Phi) is 5.26. The van der Waals surface area contributed by atoms with Gasteiger partial charge in [-0.15, -0.1) is 0 Å². The van der Waals surface area contributed by atoms with Gasteiger partial charge in [0.2, 0.25) is 0 Å². The molecule has 6 nitrogen and oxygen atoms in total. The number of hydrogen-bond acceptors (Lipinski definition) is 4. The van der Waals surface area contributed by atoms with Gasteiger partial charge < -0.3 is 11.1 Å². The first kappa shape index (κ1) is 14.1. The molecule has 98 valence electrons. The number of rotatable bonds is 6. The van der Waals surface area contributed by atoms with E-state index >= 15 is 0 Å². The summed E-state index contributed by atoms with van der Waals surface area (Å²) >= 11 is 0. The summed E-state index contributed by atoms with van der Waals surface area (Å²) in [4.78, 5) is 22.1. The number of aryl methyl sites for hydroxylation is 1. The predicted molar refractivity (Wildman–Crippen MR) is 68.5 cm³/mol. The van der Waals surface area contributed by atoms with Crippen LogP contribution >= 0.6 is 0 Å². The number of carbonyl (C=O) groups excluding carboxylic acids is 1. The zero-order chi connectivity index (χ0) is 13.5. The van der Waals surface area contributed by atoms with E-state index in [1.54, 1.807) is 12.1 Å². The molecule has 1 aromatic rings. The Bertz CT molecular complexity index is 446. The monoisotopic (exact) mass is 251 g/mol. The van der Waals surface area contributed by atoms with E-state index in [0.29, 0.717) is 37.1 Å². The third kappa shape index (κ3) is 3.53.